The van der Waals surface area contributed by atoms with Crippen molar-refractivity contribution in [2.45, 2.75) is 32.7 Å². The van der Waals surface area contributed by atoms with Gasteiger partial charge in [0.25, 0.3) is 0 Å². The first kappa shape index (κ1) is 13.0. The van der Waals surface area contributed by atoms with E-state index in [1.807, 2.05) is 19.1 Å². The molecule has 0 saturated carbocycles. The van der Waals surface area contributed by atoms with Crippen molar-refractivity contribution in [2.24, 2.45) is 0 Å². The SMILES string of the molecule is CCOc1ccccc1C1CCNc2cc(CC)nn21. The van der Waals surface area contributed by atoms with Gasteiger partial charge < -0.3 is 10.1 Å². The summed E-state index contributed by atoms with van der Waals surface area (Å²) in [4.78, 5) is 0. The molecule has 1 N–H and O–H groups in total. The standard InChI is InChI=1S/C16H21N3O/c1-3-12-11-16-17-10-9-14(19(16)18-12)13-7-5-6-8-15(13)20-4-2/h5-8,11,14,17H,3-4,9-10H2,1-2H3. The number of nitrogens with one attached hydrogen (secondary N) is 1. The normalized spacial score (nSPS) is 17.4. The summed E-state index contributed by atoms with van der Waals surface area (Å²) in [6, 6.07) is 10.7. The minimum Gasteiger partial charge on any atom is -0.494 e. The average molecular weight is 271 g/mol. The van der Waals surface area contributed by atoms with Gasteiger partial charge in [-0.2, -0.15) is 5.10 Å². The van der Waals surface area contributed by atoms with Gasteiger partial charge in [0, 0.05) is 18.2 Å². The van der Waals surface area contributed by atoms with Gasteiger partial charge in [-0.05, 0) is 25.8 Å². The van der Waals surface area contributed by atoms with Crippen molar-refractivity contribution in [3.8, 4) is 5.75 Å². The quantitative estimate of drug-likeness (QED) is 0.927. The molecule has 0 bridgehead atoms. The summed E-state index contributed by atoms with van der Waals surface area (Å²) in [6.07, 6.45) is 1.99. The Balaban J connectivity index is 2.02. The van der Waals surface area contributed by atoms with Gasteiger partial charge in [-0.1, -0.05) is 25.1 Å². The molecule has 0 spiro atoms. The van der Waals surface area contributed by atoms with E-state index in [4.69, 9.17) is 9.84 Å². The highest BCUT2D eigenvalue weighted by Crippen LogP contribution is 2.34. The van der Waals surface area contributed by atoms with Gasteiger partial charge in [0.1, 0.15) is 11.6 Å². The highest BCUT2D eigenvalue weighted by atomic mass is 16.5. The van der Waals surface area contributed by atoms with Gasteiger partial charge in [-0.15, -0.1) is 0 Å². The van der Waals surface area contributed by atoms with Crippen LogP contribution < -0.4 is 10.1 Å². The molecule has 0 amide bonds. The molecule has 2 heterocycles. The van der Waals surface area contributed by atoms with Gasteiger partial charge >= 0.3 is 0 Å². The van der Waals surface area contributed by atoms with Gasteiger partial charge in [-0.25, -0.2) is 4.68 Å². The van der Waals surface area contributed by atoms with Crippen molar-refractivity contribution >= 4 is 5.82 Å². The fraction of sp³-hybridized carbons (Fsp3) is 0.438. The molecule has 4 nitrogen and oxygen atoms in total. The third-order valence-corrected chi connectivity index (χ3v) is 3.75. The molecule has 0 aliphatic carbocycles. The summed E-state index contributed by atoms with van der Waals surface area (Å²) in [6.45, 7) is 5.82. The number of nitrogens with zero attached hydrogens (tertiary/aromatic N) is 2. The Kier molecular flexibility index (Phi) is 3.63. The second-order valence-electron chi connectivity index (χ2n) is 5.02. The summed E-state index contributed by atoms with van der Waals surface area (Å²) < 4.78 is 7.89. The molecule has 1 unspecified atom stereocenters. The number of benzene rings is 1. The summed E-state index contributed by atoms with van der Waals surface area (Å²) >= 11 is 0. The average Bonchev–Trinajstić information content (AvgIpc) is 2.91. The van der Waals surface area contributed by atoms with Crippen LogP contribution in [-0.4, -0.2) is 22.9 Å². The summed E-state index contributed by atoms with van der Waals surface area (Å²) in [7, 11) is 0. The Morgan fingerprint density at radius 1 is 1.35 bits per heavy atom. The molecular weight excluding hydrogens is 250 g/mol. The second kappa shape index (κ2) is 5.57. The van der Waals surface area contributed by atoms with Crippen LogP contribution >= 0.6 is 0 Å². The predicted octanol–water partition coefficient (Wildman–Crippen LogP) is 3.25. The summed E-state index contributed by atoms with van der Waals surface area (Å²) in [5.74, 6) is 2.09. The smallest absolute Gasteiger partial charge is 0.125 e. The molecular formula is C16H21N3O. The van der Waals surface area contributed by atoms with E-state index < -0.39 is 0 Å². The maximum absolute atomic E-state index is 5.78. The number of anilines is 1. The maximum Gasteiger partial charge on any atom is 0.125 e. The molecule has 106 valence electrons. The zero-order chi connectivity index (χ0) is 13.9. The van der Waals surface area contributed by atoms with Crippen molar-refractivity contribution in [3.05, 3.63) is 41.6 Å². The molecule has 3 rings (SSSR count). The molecule has 1 aromatic carbocycles. The van der Waals surface area contributed by atoms with Gasteiger partial charge in [0.15, 0.2) is 0 Å². The summed E-state index contributed by atoms with van der Waals surface area (Å²) in [5, 5.41) is 8.16. The van der Waals surface area contributed by atoms with Crippen LogP contribution in [0.25, 0.3) is 0 Å². The zero-order valence-electron chi connectivity index (χ0n) is 12.1. The first-order chi connectivity index (χ1) is 9.83. The third kappa shape index (κ3) is 2.26. The van der Waals surface area contributed by atoms with Crippen LogP contribution in [0.2, 0.25) is 0 Å². The number of fused-ring (bicyclic) bond motifs is 1. The van der Waals surface area contributed by atoms with Gasteiger partial charge in [0.05, 0.1) is 18.3 Å². The zero-order valence-corrected chi connectivity index (χ0v) is 12.1. The van der Waals surface area contributed by atoms with Crippen LogP contribution in [0, 0.1) is 0 Å². The highest BCUT2D eigenvalue weighted by molar-refractivity contribution is 5.44. The van der Waals surface area contributed by atoms with Crippen LogP contribution in [0.4, 0.5) is 5.82 Å². The largest absolute Gasteiger partial charge is 0.494 e. The van der Waals surface area contributed by atoms with E-state index in [0.29, 0.717) is 6.61 Å². The van der Waals surface area contributed by atoms with Crippen molar-refractivity contribution in [1.29, 1.82) is 0 Å². The van der Waals surface area contributed by atoms with E-state index in [-0.39, 0.29) is 6.04 Å². The molecule has 0 saturated heterocycles. The van der Waals surface area contributed by atoms with Crippen LogP contribution in [0.3, 0.4) is 0 Å². The number of para-hydroxylation sites is 1. The van der Waals surface area contributed by atoms with E-state index in [2.05, 4.69) is 35.1 Å². The first-order valence-corrected chi connectivity index (χ1v) is 7.37. The van der Waals surface area contributed by atoms with E-state index in [1.165, 1.54) is 5.56 Å². The van der Waals surface area contributed by atoms with E-state index in [9.17, 15) is 0 Å². The lowest BCUT2D eigenvalue weighted by atomic mass is 10.0. The molecule has 1 aliphatic heterocycles. The Bertz CT molecular complexity index is 591. The molecule has 2 aromatic rings. The number of ether oxygens (including phenoxy) is 1. The van der Waals surface area contributed by atoms with Crippen LogP contribution in [0.1, 0.15) is 37.6 Å². The van der Waals surface area contributed by atoms with E-state index >= 15 is 0 Å². The second-order valence-corrected chi connectivity index (χ2v) is 5.02. The lowest BCUT2D eigenvalue weighted by molar-refractivity contribution is 0.328. The fourth-order valence-corrected chi connectivity index (χ4v) is 2.78. The van der Waals surface area contributed by atoms with E-state index in [1.54, 1.807) is 0 Å². The highest BCUT2D eigenvalue weighted by Gasteiger charge is 2.25. The van der Waals surface area contributed by atoms with Crippen LogP contribution in [0.15, 0.2) is 30.3 Å². The lowest BCUT2D eigenvalue weighted by Crippen LogP contribution is -2.24. The Morgan fingerprint density at radius 2 is 2.20 bits per heavy atom. The van der Waals surface area contributed by atoms with Crippen molar-refractivity contribution < 1.29 is 4.74 Å². The number of aryl methyl sites for hydroxylation is 1. The van der Waals surface area contributed by atoms with Crippen molar-refractivity contribution in [2.75, 3.05) is 18.5 Å². The van der Waals surface area contributed by atoms with Crippen LogP contribution in [-0.2, 0) is 6.42 Å². The molecule has 0 fully saturated rings. The van der Waals surface area contributed by atoms with Gasteiger partial charge in [-0.3, -0.25) is 0 Å². The third-order valence-electron chi connectivity index (χ3n) is 3.75. The Morgan fingerprint density at radius 3 is 3.00 bits per heavy atom. The number of aromatic nitrogens is 2. The first-order valence-electron chi connectivity index (χ1n) is 7.37. The predicted molar refractivity (Wildman–Crippen MR) is 80.5 cm³/mol. The molecule has 0 radical (unpaired) electrons. The monoisotopic (exact) mass is 271 g/mol. The molecule has 1 aromatic heterocycles. The lowest BCUT2D eigenvalue weighted by Gasteiger charge is -2.27. The number of rotatable bonds is 4. The molecule has 4 heteroatoms. The fourth-order valence-electron chi connectivity index (χ4n) is 2.78. The molecule has 1 atom stereocenters. The minimum absolute atomic E-state index is 0.259. The summed E-state index contributed by atoms with van der Waals surface area (Å²) in [5.41, 5.74) is 2.36. The molecule has 1 aliphatic rings. The topological polar surface area (TPSA) is 39.1 Å². The van der Waals surface area contributed by atoms with Crippen molar-refractivity contribution in [1.82, 2.24) is 9.78 Å². The number of hydrogen-bond acceptors (Lipinski definition) is 3. The van der Waals surface area contributed by atoms with Crippen molar-refractivity contribution in [3.63, 3.8) is 0 Å². The van der Waals surface area contributed by atoms with Gasteiger partial charge in [0.2, 0.25) is 0 Å². The number of hydrogen-bond donors (Lipinski definition) is 1. The Hall–Kier alpha value is -1.97. The van der Waals surface area contributed by atoms with E-state index in [0.717, 1.165) is 36.6 Å². The molecule has 20 heavy (non-hydrogen) atoms. The maximum atomic E-state index is 5.78. The minimum atomic E-state index is 0.259. The Labute approximate surface area is 119 Å². The van der Waals surface area contributed by atoms with Crippen LogP contribution in [0.5, 0.6) is 5.75 Å².